The minimum Gasteiger partial charge on any atom is -0.363 e. The lowest BCUT2D eigenvalue weighted by Gasteiger charge is -2.28. The van der Waals surface area contributed by atoms with Crippen LogP contribution in [0.1, 0.15) is 49.3 Å². The van der Waals surface area contributed by atoms with Crippen LogP contribution in [0, 0.1) is 0 Å². The first-order valence-corrected chi connectivity index (χ1v) is 7.34. The van der Waals surface area contributed by atoms with Gasteiger partial charge in [-0.2, -0.15) is 0 Å². The molecule has 0 aromatic heterocycles. The average Bonchev–Trinajstić information content (AvgIpc) is 2.47. The molecule has 3 heteroatoms. The molecule has 0 radical (unpaired) electrons. The molecule has 1 fully saturated rings. The first-order valence-electron chi connectivity index (χ1n) is 7.34. The quantitative estimate of drug-likeness (QED) is 0.887. The van der Waals surface area contributed by atoms with Gasteiger partial charge in [-0.25, -0.2) is 0 Å². The highest BCUT2D eigenvalue weighted by molar-refractivity contribution is 5.83. The van der Waals surface area contributed by atoms with Gasteiger partial charge in [-0.1, -0.05) is 43.5 Å². The summed E-state index contributed by atoms with van der Waals surface area (Å²) in [5.41, 5.74) is 2.29. The number of hydrogen-bond donors (Lipinski definition) is 1. The molecule has 1 saturated carbocycles. The van der Waals surface area contributed by atoms with Crippen LogP contribution in [-0.4, -0.2) is 18.6 Å². The van der Waals surface area contributed by atoms with Crippen LogP contribution in [0.15, 0.2) is 24.3 Å². The predicted molar refractivity (Wildman–Crippen MR) is 73.9 cm³/mol. The van der Waals surface area contributed by atoms with Gasteiger partial charge >= 0.3 is 0 Å². The monoisotopic (exact) mass is 259 g/mol. The molecule has 1 aliphatic heterocycles. The Kier molecular flexibility index (Phi) is 3.83. The van der Waals surface area contributed by atoms with Crippen LogP contribution in [0.5, 0.6) is 0 Å². The highest BCUT2D eigenvalue weighted by Gasteiger charge is 2.28. The Labute approximate surface area is 114 Å². The summed E-state index contributed by atoms with van der Waals surface area (Å²) in [7, 11) is 0. The zero-order valence-electron chi connectivity index (χ0n) is 11.2. The van der Waals surface area contributed by atoms with E-state index < -0.39 is 6.10 Å². The molecule has 1 aliphatic carbocycles. The van der Waals surface area contributed by atoms with Crippen LogP contribution in [0.3, 0.4) is 0 Å². The normalized spacial score (nSPS) is 23.7. The van der Waals surface area contributed by atoms with E-state index in [4.69, 9.17) is 4.74 Å². The van der Waals surface area contributed by atoms with Crippen molar-refractivity contribution in [3.63, 3.8) is 0 Å². The van der Waals surface area contributed by atoms with Crippen molar-refractivity contribution >= 4 is 5.91 Å². The molecule has 1 aromatic rings. The molecule has 0 saturated heterocycles. The average molecular weight is 259 g/mol. The Morgan fingerprint density at radius 3 is 2.79 bits per heavy atom. The van der Waals surface area contributed by atoms with Crippen molar-refractivity contribution in [2.24, 2.45) is 0 Å². The molecule has 0 spiro atoms. The lowest BCUT2D eigenvalue weighted by atomic mass is 9.94. The maximum Gasteiger partial charge on any atom is 0.253 e. The van der Waals surface area contributed by atoms with Gasteiger partial charge in [-0.15, -0.1) is 0 Å². The van der Waals surface area contributed by atoms with Gasteiger partial charge in [0.1, 0.15) is 0 Å². The van der Waals surface area contributed by atoms with Crippen molar-refractivity contribution in [1.82, 2.24) is 5.32 Å². The van der Waals surface area contributed by atoms with Crippen molar-refractivity contribution in [3.8, 4) is 0 Å². The summed E-state index contributed by atoms with van der Waals surface area (Å²) in [6.45, 7) is 0.639. The standard InChI is InChI=1S/C16H21NO2/c18-16(17-13-7-2-1-3-8-13)15-14-9-5-4-6-12(14)10-11-19-15/h4-6,9,13,15H,1-3,7-8,10-11H2,(H,17,18)/t15-/m1/s1. The maximum absolute atomic E-state index is 12.4. The molecule has 0 bridgehead atoms. The van der Waals surface area contributed by atoms with E-state index in [-0.39, 0.29) is 5.91 Å². The van der Waals surface area contributed by atoms with Crippen molar-refractivity contribution in [1.29, 1.82) is 0 Å². The Bertz CT molecular complexity index is 452. The summed E-state index contributed by atoms with van der Waals surface area (Å²) in [5, 5.41) is 3.17. The summed E-state index contributed by atoms with van der Waals surface area (Å²) in [6, 6.07) is 8.46. The van der Waals surface area contributed by atoms with Crippen LogP contribution in [0.4, 0.5) is 0 Å². The third kappa shape index (κ3) is 2.81. The van der Waals surface area contributed by atoms with E-state index in [1.807, 2.05) is 18.2 Å². The number of fused-ring (bicyclic) bond motifs is 1. The Morgan fingerprint density at radius 1 is 1.16 bits per heavy atom. The largest absolute Gasteiger partial charge is 0.363 e. The first-order chi connectivity index (χ1) is 9.34. The molecular formula is C16H21NO2. The number of carbonyl (C=O) groups is 1. The zero-order chi connectivity index (χ0) is 13.1. The second-order valence-corrected chi connectivity index (χ2v) is 5.54. The van der Waals surface area contributed by atoms with E-state index in [2.05, 4.69) is 11.4 Å². The molecule has 102 valence electrons. The molecule has 1 amide bonds. The van der Waals surface area contributed by atoms with Gasteiger partial charge in [0.05, 0.1) is 6.61 Å². The number of benzene rings is 1. The fourth-order valence-corrected chi connectivity index (χ4v) is 3.13. The minimum atomic E-state index is -0.410. The van der Waals surface area contributed by atoms with Crippen LogP contribution >= 0.6 is 0 Å². The highest BCUT2D eigenvalue weighted by Crippen LogP contribution is 2.27. The highest BCUT2D eigenvalue weighted by atomic mass is 16.5. The summed E-state index contributed by atoms with van der Waals surface area (Å²) in [5.74, 6) is 0.0408. The predicted octanol–water partition coefficient (Wildman–Crippen LogP) is 2.75. The van der Waals surface area contributed by atoms with Gasteiger partial charge in [0.25, 0.3) is 5.91 Å². The molecular weight excluding hydrogens is 238 g/mol. The lowest BCUT2D eigenvalue weighted by molar-refractivity contribution is -0.135. The fourth-order valence-electron chi connectivity index (χ4n) is 3.13. The van der Waals surface area contributed by atoms with Gasteiger partial charge in [-0.05, 0) is 30.4 Å². The summed E-state index contributed by atoms with van der Waals surface area (Å²) < 4.78 is 5.70. The minimum absolute atomic E-state index is 0.0408. The van der Waals surface area contributed by atoms with Crippen LogP contribution < -0.4 is 5.32 Å². The van der Waals surface area contributed by atoms with Gasteiger partial charge in [-0.3, -0.25) is 4.79 Å². The van der Waals surface area contributed by atoms with Crippen molar-refractivity contribution in [2.45, 2.75) is 50.7 Å². The van der Waals surface area contributed by atoms with E-state index >= 15 is 0 Å². The summed E-state index contributed by atoms with van der Waals surface area (Å²) in [4.78, 5) is 12.4. The smallest absolute Gasteiger partial charge is 0.253 e. The fraction of sp³-hybridized carbons (Fsp3) is 0.562. The van der Waals surface area contributed by atoms with Crippen LogP contribution in [-0.2, 0) is 16.0 Å². The van der Waals surface area contributed by atoms with Gasteiger partial charge in [0.2, 0.25) is 0 Å². The van der Waals surface area contributed by atoms with Crippen LogP contribution in [0.25, 0.3) is 0 Å². The number of ether oxygens (including phenoxy) is 1. The molecule has 1 N–H and O–H groups in total. The number of carbonyl (C=O) groups excluding carboxylic acids is 1. The molecule has 3 nitrogen and oxygen atoms in total. The summed E-state index contributed by atoms with van der Waals surface area (Å²) in [6.07, 6.45) is 6.48. The van der Waals surface area contributed by atoms with Gasteiger partial charge in [0.15, 0.2) is 6.10 Å². The number of nitrogens with one attached hydrogen (secondary N) is 1. The Hall–Kier alpha value is -1.35. The van der Waals surface area contributed by atoms with E-state index in [1.54, 1.807) is 0 Å². The van der Waals surface area contributed by atoms with Crippen LogP contribution in [0.2, 0.25) is 0 Å². The number of amides is 1. The molecule has 19 heavy (non-hydrogen) atoms. The Morgan fingerprint density at radius 2 is 1.95 bits per heavy atom. The SMILES string of the molecule is O=C(NC1CCCCC1)[C@@H]1OCCc2ccccc21. The third-order valence-corrected chi connectivity index (χ3v) is 4.18. The Balaban J connectivity index is 1.70. The zero-order valence-corrected chi connectivity index (χ0v) is 11.2. The van der Waals surface area contributed by atoms with E-state index in [9.17, 15) is 4.79 Å². The first kappa shape index (κ1) is 12.7. The lowest BCUT2D eigenvalue weighted by Crippen LogP contribution is -2.41. The molecule has 0 unspecified atom stereocenters. The molecule has 3 rings (SSSR count). The van der Waals surface area contributed by atoms with E-state index in [0.717, 1.165) is 24.8 Å². The number of rotatable bonds is 2. The topological polar surface area (TPSA) is 38.3 Å². The van der Waals surface area contributed by atoms with Gasteiger partial charge < -0.3 is 10.1 Å². The second kappa shape index (κ2) is 5.74. The van der Waals surface area contributed by atoms with Crippen molar-refractivity contribution in [2.75, 3.05) is 6.61 Å². The molecule has 1 aromatic carbocycles. The molecule has 1 heterocycles. The van der Waals surface area contributed by atoms with Crippen molar-refractivity contribution in [3.05, 3.63) is 35.4 Å². The molecule has 1 atom stereocenters. The summed E-state index contributed by atoms with van der Waals surface area (Å²) >= 11 is 0. The second-order valence-electron chi connectivity index (χ2n) is 5.54. The van der Waals surface area contributed by atoms with E-state index in [1.165, 1.54) is 24.8 Å². The number of hydrogen-bond acceptors (Lipinski definition) is 2. The van der Waals surface area contributed by atoms with E-state index in [0.29, 0.717) is 12.6 Å². The maximum atomic E-state index is 12.4. The van der Waals surface area contributed by atoms with Crippen molar-refractivity contribution < 1.29 is 9.53 Å². The third-order valence-electron chi connectivity index (χ3n) is 4.18. The van der Waals surface area contributed by atoms with Gasteiger partial charge in [0, 0.05) is 6.04 Å². The molecule has 2 aliphatic rings.